The summed E-state index contributed by atoms with van der Waals surface area (Å²) in [4.78, 5) is 24.8. The Balaban J connectivity index is 2.33. The zero-order valence-electron chi connectivity index (χ0n) is 17.5. The quantitative estimate of drug-likeness (QED) is 0.479. The summed E-state index contributed by atoms with van der Waals surface area (Å²) in [6, 6.07) is 5.29. The van der Waals surface area contributed by atoms with Gasteiger partial charge in [0.05, 0.1) is 45.7 Å². The summed E-state index contributed by atoms with van der Waals surface area (Å²) in [6.45, 7) is 5.66. The highest BCUT2D eigenvalue weighted by Gasteiger charge is 2.34. The van der Waals surface area contributed by atoms with Gasteiger partial charge in [0, 0.05) is 17.6 Å². The second-order valence-electron chi connectivity index (χ2n) is 6.21. The molecule has 0 saturated carbocycles. The van der Waals surface area contributed by atoms with Gasteiger partial charge in [0.2, 0.25) is 0 Å². The van der Waals surface area contributed by atoms with E-state index < -0.39 is 24.3 Å². The monoisotopic (exact) mass is 408 g/mol. The minimum Gasteiger partial charge on any atom is -0.493 e. The van der Waals surface area contributed by atoms with Crippen molar-refractivity contribution in [2.24, 2.45) is 0 Å². The van der Waals surface area contributed by atoms with E-state index in [2.05, 4.69) is 0 Å². The lowest BCUT2D eigenvalue weighted by Gasteiger charge is -2.32. The number of methoxy groups -OCH3 is 2. The van der Waals surface area contributed by atoms with Crippen molar-refractivity contribution in [1.82, 2.24) is 0 Å². The van der Waals surface area contributed by atoms with E-state index in [1.165, 1.54) is 14.0 Å². The molecule has 0 aliphatic carbocycles. The summed E-state index contributed by atoms with van der Waals surface area (Å²) in [5, 5.41) is 0. The van der Waals surface area contributed by atoms with Gasteiger partial charge in [-0.15, -0.1) is 0 Å². The molecular formula is C21H28O8. The number of esters is 2. The topological polar surface area (TPSA) is 89.5 Å². The lowest BCUT2D eigenvalue weighted by Crippen LogP contribution is -2.33. The molecule has 0 spiro atoms. The first-order valence-electron chi connectivity index (χ1n) is 9.50. The van der Waals surface area contributed by atoms with E-state index >= 15 is 0 Å². The third kappa shape index (κ3) is 5.48. The lowest BCUT2D eigenvalue weighted by molar-refractivity contribution is -0.209. The van der Waals surface area contributed by atoms with E-state index in [0.29, 0.717) is 30.1 Å². The van der Waals surface area contributed by atoms with E-state index in [1.807, 2.05) is 0 Å². The Labute approximate surface area is 170 Å². The minimum absolute atomic E-state index is 0.152. The van der Waals surface area contributed by atoms with Crippen LogP contribution in [0.3, 0.4) is 0 Å². The molecule has 0 bridgehead atoms. The summed E-state index contributed by atoms with van der Waals surface area (Å²) < 4.78 is 32.6. The van der Waals surface area contributed by atoms with Crippen LogP contribution in [-0.2, 0) is 28.5 Å². The average molecular weight is 408 g/mol. The Bertz CT molecular complexity index is 755. The van der Waals surface area contributed by atoms with Crippen LogP contribution in [0.15, 0.2) is 29.3 Å². The molecule has 29 heavy (non-hydrogen) atoms. The number of hydrogen-bond acceptors (Lipinski definition) is 8. The SMILES string of the molecule is CCOC(=O)/C(C)=C(\C(=O)OCC)[C@H]1CCO[C@@H](c2ccc(OC)c(OC)c2)O1. The third-order valence-corrected chi connectivity index (χ3v) is 4.42. The summed E-state index contributed by atoms with van der Waals surface area (Å²) in [5.41, 5.74) is 1.02. The second-order valence-corrected chi connectivity index (χ2v) is 6.21. The van der Waals surface area contributed by atoms with Gasteiger partial charge in [0.15, 0.2) is 17.8 Å². The number of rotatable bonds is 8. The van der Waals surface area contributed by atoms with Gasteiger partial charge >= 0.3 is 11.9 Å². The number of carbonyl (C=O) groups excluding carboxylic acids is 2. The highest BCUT2D eigenvalue weighted by Crippen LogP contribution is 2.35. The zero-order chi connectivity index (χ0) is 21.4. The summed E-state index contributed by atoms with van der Waals surface area (Å²) >= 11 is 0. The van der Waals surface area contributed by atoms with Crippen LogP contribution >= 0.6 is 0 Å². The fraction of sp³-hybridized carbons (Fsp3) is 0.524. The molecule has 0 aromatic heterocycles. The highest BCUT2D eigenvalue weighted by molar-refractivity contribution is 6.00. The first kappa shape index (κ1) is 22.7. The van der Waals surface area contributed by atoms with E-state index in [9.17, 15) is 9.59 Å². The average Bonchev–Trinajstić information content (AvgIpc) is 2.73. The summed E-state index contributed by atoms with van der Waals surface area (Å²) in [5.74, 6) is -0.0682. The van der Waals surface area contributed by atoms with Crippen molar-refractivity contribution in [3.05, 3.63) is 34.9 Å². The van der Waals surface area contributed by atoms with E-state index in [1.54, 1.807) is 39.2 Å². The second kappa shape index (κ2) is 10.8. The molecule has 8 heteroatoms. The fourth-order valence-electron chi connectivity index (χ4n) is 3.01. The van der Waals surface area contributed by atoms with Crippen LogP contribution in [-0.4, -0.2) is 52.1 Å². The Morgan fingerprint density at radius 1 is 1.03 bits per heavy atom. The smallest absolute Gasteiger partial charge is 0.337 e. The molecule has 0 amide bonds. The molecular weight excluding hydrogens is 380 g/mol. The normalized spacial score (nSPS) is 19.8. The Kier molecular flexibility index (Phi) is 8.48. The predicted octanol–water partition coefficient (Wildman–Crippen LogP) is 2.95. The molecule has 1 aliphatic heterocycles. The van der Waals surface area contributed by atoms with Gasteiger partial charge in [0.1, 0.15) is 0 Å². The van der Waals surface area contributed by atoms with Crippen molar-refractivity contribution in [3.63, 3.8) is 0 Å². The van der Waals surface area contributed by atoms with Gasteiger partial charge in [0.25, 0.3) is 0 Å². The van der Waals surface area contributed by atoms with Gasteiger partial charge in [-0.1, -0.05) is 6.07 Å². The van der Waals surface area contributed by atoms with Gasteiger partial charge in [-0.2, -0.15) is 0 Å². The van der Waals surface area contributed by atoms with Crippen LogP contribution in [0.25, 0.3) is 0 Å². The zero-order valence-corrected chi connectivity index (χ0v) is 17.5. The molecule has 1 aromatic rings. The third-order valence-electron chi connectivity index (χ3n) is 4.42. The molecule has 0 unspecified atom stereocenters. The first-order valence-corrected chi connectivity index (χ1v) is 9.50. The molecule has 1 aliphatic rings. The molecule has 8 nitrogen and oxygen atoms in total. The van der Waals surface area contributed by atoms with Crippen molar-refractivity contribution < 1.29 is 38.0 Å². The van der Waals surface area contributed by atoms with Crippen LogP contribution in [0.2, 0.25) is 0 Å². The fourth-order valence-corrected chi connectivity index (χ4v) is 3.01. The van der Waals surface area contributed by atoms with Gasteiger partial charge in [-0.05, 0) is 32.9 Å². The predicted molar refractivity (Wildman–Crippen MR) is 104 cm³/mol. The summed E-state index contributed by atoms with van der Waals surface area (Å²) in [6.07, 6.45) is -1.02. The molecule has 1 saturated heterocycles. The van der Waals surface area contributed by atoms with Crippen LogP contribution in [0.1, 0.15) is 39.0 Å². The van der Waals surface area contributed by atoms with E-state index in [0.717, 1.165) is 0 Å². The highest BCUT2D eigenvalue weighted by atomic mass is 16.7. The van der Waals surface area contributed by atoms with E-state index in [4.69, 9.17) is 28.4 Å². The van der Waals surface area contributed by atoms with Crippen LogP contribution in [0.5, 0.6) is 11.5 Å². The summed E-state index contributed by atoms with van der Waals surface area (Å²) in [7, 11) is 3.09. The van der Waals surface area contributed by atoms with Gasteiger partial charge in [-0.25, -0.2) is 9.59 Å². The molecule has 160 valence electrons. The lowest BCUT2D eigenvalue weighted by atomic mass is 10.00. The maximum atomic E-state index is 12.6. The molecule has 1 heterocycles. The molecule has 0 N–H and O–H groups in total. The molecule has 0 radical (unpaired) electrons. The van der Waals surface area contributed by atoms with Crippen LogP contribution in [0.4, 0.5) is 0 Å². The number of hydrogen-bond donors (Lipinski definition) is 0. The van der Waals surface area contributed by atoms with Crippen LogP contribution in [0, 0.1) is 0 Å². The number of benzene rings is 1. The Morgan fingerprint density at radius 3 is 2.31 bits per heavy atom. The molecule has 1 aromatic carbocycles. The van der Waals surface area contributed by atoms with Crippen molar-refractivity contribution in [1.29, 1.82) is 0 Å². The molecule has 2 rings (SSSR count). The van der Waals surface area contributed by atoms with E-state index in [-0.39, 0.29) is 24.4 Å². The molecule has 1 fully saturated rings. The van der Waals surface area contributed by atoms with Gasteiger partial charge in [-0.3, -0.25) is 0 Å². The maximum absolute atomic E-state index is 12.6. The number of ether oxygens (including phenoxy) is 6. The van der Waals surface area contributed by atoms with Gasteiger partial charge < -0.3 is 28.4 Å². The molecule has 2 atom stereocenters. The largest absolute Gasteiger partial charge is 0.493 e. The van der Waals surface area contributed by atoms with Crippen molar-refractivity contribution in [2.45, 2.75) is 39.6 Å². The van der Waals surface area contributed by atoms with Crippen molar-refractivity contribution in [2.75, 3.05) is 34.0 Å². The first-order chi connectivity index (χ1) is 14.0. The van der Waals surface area contributed by atoms with Crippen molar-refractivity contribution >= 4 is 11.9 Å². The Morgan fingerprint density at radius 2 is 1.69 bits per heavy atom. The van der Waals surface area contributed by atoms with Crippen LogP contribution < -0.4 is 9.47 Å². The van der Waals surface area contributed by atoms with Crippen molar-refractivity contribution in [3.8, 4) is 11.5 Å². The maximum Gasteiger partial charge on any atom is 0.337 e. The Hall–Kier alpha value is -2.58. The number of carbonyl (C=O) groups is 2. The minimum atomic E-state index is -0.743. The standard InChI is InChI=1S/C21H28O8/c1-6-26-19(22)13(3)18(20(23)27-7-2)16-10-11-28-21(29-16)14-8-9-15(24-4)17(12-14)25-5/h8-9,12,16,21H,6-7,10-11H2,1-5H3/b18-13-/t16-,21-/m1/s1.